The van der Waals surface area contributed by atoms with Gasteiger partial charge in [-0.25, -0.2) is 4.39 Å². The van der Waals surface area contributed by atoms with Crippen LogP contribution in [0.3, 0.4) is 0 Å². The number of benzene rings is 6. The molecule has 2 heteroatoms. The molecule has 0 aliphatic rings. The lowest BCUT2D eigenvalue weighted by atomic mass is 9.86. The Morgan fingerprint density at radius 3 is 1.50 bits per heavy atom. The van der Waals surface area contributed by atoms with E-state index < -0.39 is 0 Å². The van der Waals surface area contributed by atoms with Gasteiger partial charge < -0.3 is 4.42 Å². The molecule has 34 heavy (non-hydrogen) atoms. The Morgan fingerprint density at radius 1 is 0.412 bits per heavy atom. The van der Waals surface area contributed by atoms with Gasteiger partial charge in [-0.15, -0.1) is 0 Å². The number of fused-ring (bicyclic) bond motifs is 5. The van der Waals surface area contributed by atoms with Crippen LogP contribution in [-0.4, -0.2) is 0 Å². The zero-order valence-electron chi connectivity index (χ0n) is 18.3. The Hall–Kier alpha value is -4.43. The molecule has 0 atom stereocenters. The first-order valence-electron chi connectivity index (χ1n) is 11.4. The first-order valence-corrected chi connectivity index (χ1v) is 11.4. The quantitative estimate of drug-likeness (QED) is 0.245. The van der Waals surface area contributed by atoms with Gasteiger partial charge in [-0.3, -0.25) is 0 Å². The van der Waals surface area contributed by atoms with Gasteiger partial charge in [0.2, 0.25) is 0 Å². The summed E-state index contributed by atoms with van der Waals surface area (Å²) in [7, 11) is 0. The SMILES string of the molecule is Fc1ccc(-c2c3ccccc3c(-c3ccc4oc5ccccc5c4c3)c3ccccc23)cc1. The number of para-hydroxylation sites is 1. The summed E-state index contributed by atoms with van der Waals surface area (Å²) in [5.41, 5.74) is 6.28. The van der Waals surface area contributed by atoms with Crippen molar-refractivity contribution in [1.29, 1.82) is 0 Å². The second kappa shape index (κ2) is 7.29. The Labute approximate surface area is 195 Å². The second-order valence-corrected chi connectivity index (χ2v) is 8.66. The van der Waals surface area contributed by atoms with Crippen LogP contribution in [0.15, 0.2) is 120 Å². The summed E-state index contributed by atoms with van der Waals surface area (Å²) in [6, 6.07) is 38.4. The summed E-state index contributed by atoms with van der Waals surface area (Å²) in [6.45, 7) is 0. The number of rotatable bonds is 2. The van der Waals surface area contributed by atoms with E-state index in [1.54, 1.807) is 0 Å². The Kier molecular flexibility index (Phi) is 4.09. The van der Waals surface area contributed by atoms with Gasteiger partial charge in [0.05, 0.1) is 0 Å². The molecule has 160 valence electrons. The molecule has 1 nitrogen and oxygen atoms in total. The summed E-state index contributed by atoms with van der Waals surface area (Å²) in [5, 5.41) is 6.89. The summed E-state index contributed by atoms with van der Waals surface area (Å²) in [4.78, 5) is 0. The van der Waals surface area contributed by atoms with E-state index in [1.165, 1.54) is 28.5 Å². The number of halogens is 1. The van der Waals surface area contributed by atoms with Gasteiger partial charge in [-0.1, -0.05) is 84.9 Å². The third-order valence-corrected chi connectivity index (χ3v) is 6.73. The smallest absolute Gasteiger partial charge is 0.135 e. The molecule has 0 bridgehead atoms. The highest BCUT2D eigenvalue weighted by Gasteiger charge is 2.17. The van der Waals surface area contributed by atoms with Gasteiger partial charge in [-0.05, 0) is 74.1 Å². The van der Waals surface area contributed by atoms with Crippen molar-refractivity contribution in [3.63, 3.8) is 0 Å². The van der Waals surface area contributed by atoms with Crippen LogP contribution in [0.4, 0.5) is 4.39 Å². The molecule has 0 N–H and O–H groups in total. The molecule has 0 radical (unpaired) electrons. The van der Waals surface area contributed by atoms with Gasteiger partial charge in [0.15, 0.2) is 0 Å². The maximum absolute atomic E-state index is 13.7. The minimum atomic E-state index is -0.227. The van der Waals surface area contributed by atoms with Gasteiger partial charge in [-0.2, -0.15) is 0 Å². The highest BCUT2D eigenvalue weighted by molar-refractivity contribution is 6.22. The summed E-state index contributed by atoms with van der Waals surface area (Å²) in [6.07, 6.45) is 0. The molecule has 7 aromatic rings. The van der Waals surface area contributed by atoms with E-state index in [2.05, 4.69) is 72.8 Å². The monoisotopic (exact) mass is 438 g/mol. The molecule has 0 aliphatic carbocycles. The largest absolute Gasteiger partial charge is 0.456 e. The second-order valence-electron chi connectivity index (χ2n) is 8.66. The van der Waals surface area contributed by atoms with Crippen LogP contribution in [0.1, 0.15) is 0 Å². The zero-order chi connectivity index (χ0) is 22.6. The molecule has 7 rings (SSSR count). The Bertz CT molecular complexity index is 1800. The van der Waals surface area contributed by atoms with Crippen molar-refractivity contribution in [2.45, 2.75) is 0 Å². The molecule has 1 heterocycles. The van der Waals surface area contributed by atoms with Crippen molar-refractivity contribution in [1.82, 2.24) is 0 Å². The topological polar surface area (TPSA) is 13.1 Å². The van der Waals surface area contributed by atoms with Crippen LogP contribution in [0.5, 0.6) is 0 Å². The molecular formula is C32H19FO. The van der Waals surface area contributed by atoms with Crippen LogP contribution < -0.4 is 0 Å². The predicted molar refractivity (Wildman–Crippen MR) is 140 cm³/mol. The minimum absolute atomic E-state index is 0.227. The van der Waals surface area contributed by atoms with Crippen molar-refractivity contribution in [2.75, 3.05) is 0 Å². The average molecular weight is 439 g/mol. The van der Waals surface area contributed by atoms with Crippen LogP contribution in [0.25, 0.3) is 65.7 Å². The lowest BCUT2D eigenvalue weighted by Gasteiger charge is -2.17. The summed E-state index contributed by atoms with van der Waals surface area (Å²) >= 11 is 0. The fourth-order valence-electron chi connectivity index (χ4n) is 5.25. The Morgan fingerprint density at radius 2 is 0.882 bits per heavy atom. The lowest BCUT2D eigenvalue weighted by Crippen LogP contribution is -1.90. The van der Waals surface area contributed by atoms with Crippen molar-refractivity contribution in [2.24, 2.45) is 0 Å². The highest BCUT2D eigenvalue weighted by atomic mass is 19.1. The summed E-state index contributed by atoms with van der Waals surface area (Å²) < 4.78 is 19.8. The van der Waals surface area contributed by atoms with E-state index in [0.29, 0.717) is 0 Å². The van der Waals surface area contributed by atoms with Gasteiger partial charge in [0, 0.05) is 10.8 Å². The number of hydrogen-bond donors (Lipinski definition) is 0. The average Bonchev–Trinajstić information content (AvgIpc) is 3.26. The fourth-order valence-corrected chi connectivity index (χ4v) is 5.25. The van der Waals surface area contributed by atoms with Crippen molar-refractivity contribution in [3.8, 4) is 22.3 Å². The number of furan rings is 1. The van der Waals surface area contributed by atoms with Crippen molar-refractivity contribution < 1.29 is 8.81 Å². The predicted octanol–water partition coefficient (Wildman–Crippen LogP) is 9.37. The molecule has 0 unspecified atom stereocenters. The van der Waals surface area contributed by atoms with Crippen molar-refractivity contribution in [3.05, 3.63) is 121 Å². The van der Waals surface area contributed by atoms with Gasteiger partial charge in [0.25, 0.3) is 0 Å². The first-order chi connectivity index (χ1) is 16.8. The molecule has 0 spiro atoms. The number of hydrogen-bond acceptors (Lipinski definition) is 1. The third-order valence-electron chi connectivity index (χ3n) is 6.73. The molecule has 6 aromatic carbocycles. The van der Waals surface area contributed by atoms with E-state index in [-0.39, 0.29) is 5.82 Å². The highest BCUT2D eigenvalue weighted by Crippen LogP contribution is 2.44. The Balaban J connectivity index is 1.61. The van der Waals surface area contributed by atoms with E-state index in [1.807, 2.05) is 30.3 Å². The van der Waals surface area contributed by atoms with Crippen LogP contribution in [0.2, 0.25) is 0 Å². The molecule has 0 saturated carbocycles. The normalized spacial score (nSPS) is 11.7. The molecule has 0 saturated heterocycles. The molecule has 0 fully saturated rings. The minimum Gasteiger partial charge on any atom is -0.456 e. The third kappa shape index (κ3) is 2.79. The van der Waals surface area contributed by atoms with Gasteiger partial charge in [0.1, 0.15) is 17.0 Å². The standard InChI is InChI=1S/C32H19FO/c33-22-16-13-20(14-17-22)31-24-8-1-3-10-26(24)32(27-11-4-2-9-25(27)31)21-15-18-30-28(19-21)23-7-5-6-12-29(23)34-30/h1-19H. The van der Waals surface area contributed by atoms with E-state index in [9.17, 15) is 4.39 Å². The molecule has 1 aromatic heterocycles. The summed E-state index contributed by atoms with van der Waals surface area (Å²) in [5.74, 6) is -0.227. The van der Waals surface area contributed by atoms with Gasteiger partial charge >= 0.3 is 0 Å². The van der Waals surface area contributed by atoms with E-state index in [4.69, 9.17) is 4.42 Å². The van der Waals surface area contributed by atoms with Crippen LogP contribution in [0, 0.1) is 5.82 Å². The van der Waals surface area contributed by atoms with E-state index >= 15 is 0 Å². The maximum atomic E-state index is 13.7. The fraction of sp³-hybridized carbons (Fsp3) is 0. The molecular weight excluding hydrogens is 419 g/mol. The van der Waals surface area contributed by atoms with Crippen LogP contribution >= 0.6 is 0 Å². The lowest BCUT2D eigenvalue weighted by molar-refractivity contribution is 0.628. The van der Waals surface area contributed by atoms with E-state index in [0.717, 1.165) is 49.4 Å². The van der Waals surface area contributed by atoms with Crippen molar-refractivity contribution >= 4 is 43.5 Å². The first kappa shape index (κ1) is 19.1. The maximum Gasteiger partial charge on any atom is 0.135 e. The molecule has 0 aliphatic heterocycles. The molecule has 0 amide bonds. The zero-order valence-corrected chi connectivity index (χ0v) is 18.3. The van der Waals surface area contributed by atoms with Crippen LogP contribution in [-0.2, 0) is 0 Å².